The van der Waals surface area contributed by atoms with Crippen LogP contribution in [0.1, 0.15) is 107 Å². The number of nitrogens with one attached hydrogen (secondary N) is 1. The number of halogens is 3. The van der Waals surface area contributed by atoms with Crippen LogP contribution in [0.3, 0.4) is 0 Å². The number of carbonyl (C=O) groups is 1. The molecule has 1 amide bonds. The number of rotatable bonds is 18. The van der Waals surface area contributed by atoms with Crippen LogP contribution in [0.2, 0.25) is 15.1 Å². The Labute approximate surface area is 249 Å². The summed E-state index contributed by atoms with van der Waals surface area (Å²) in [4.78, 5) is 12.9. The van der Waals surface area contributed by atoms with E-state index in [1.54, 1.807) is 28.9 Å². The monoisotopic (exact) mass is 589 g/mol. The molecule has 7 heteroatoms. The third kappa shape index (κ3) is 10.8. The van der Waals surface area contributed by atoms with Gasteiger partial charge in [0.05, 0.1) is 16.4 Å². The SMILES string of the molecule is CCCCCCCCCCCCCCCCNC(=O)c1cc(-c2ccc(Cl)cc2)n(-c2ccc(Cl)cc2Cl)n1. The van der Waals surface area contributed by atoms with E-state index in [1.807, 2.05) is 24.3 Å². The molecule has 2 aromatic carbocycles. The fraction of sp³-hybridized carbons (Fsp3) is 0.500. The van der Waals surface area contributed by atoms with Crippen molar-refractivity contribution in [3.63, 3.8) is 0 Å². The molecule has 0 saturated carbocycles. The molecule has 1 heterocycles. The lowest BCUT2D eigenvalue weighted by atomic mass is 10.0. The van der Waals surface area contributed by atoms with E-state index in [0.717, 1.165) is 24.1 Å². The summed E-state index contributed by atoms with van der Waals surface area (Å²) >= 11 is 18.7. The quantitative estimate of drug-likeness (QED) is 0.150. The van der Waals surface area contributed by atoms with E-state index >= 15 is 0 Å². The fourth-order valence-electron chi connectivity index (χ4n) is 4.77. The molecule has 1 N–H and O–H groups in total. The van der Waals surface area contributed by atoms with Gasteiger partial charge in [0.25, 0.3) is 5.91 Å². The summed E-state index contributed by atoms with van der Waals surface area (Å²) in [7, 11) is 0. The average Bonchev–Trinajstić information content (AvgIpc) is 3.36. The molecule has 0 aliphatic carbocycles. The van der Waals surface area contributed by atoms with E-state index in [2.05, 4.69) is 17.3 Å². The zero-order chi connectivity index (χ0) is 27.9. The summed E-state index contributed by atoms with van der Waals surface area (Å²) in [6, 6.07) is 14.4. The minimum atomic E-state index is -0.191. The predicted molar refractivity (Wildman–Crippen MR) is 167 cm³/mol. The van der Waals surface area contributed by atoms with Crippen LogP contribution in [0.25, 0.3) is 16.9 Å². The van der Waals surface area contributed by atoms with Crippen LogP contribution in [0.5, 0.6) is 0 Å². The van der Waals surface area contributed by atoms with Gasteiger partial charge in [0.1, 0.15) is 0 Å². The van der Waals surface area contributed by atoms with Gasteiger partial charge in [0.15, 0.2) is 5.69 Å². The van der Waals surface area contributed by atoms with Gasteiger partial charge in [-0.15, -0.1) is 0 Å². The lowest BCUT2D eigenvalue weighted by Crippen LogP contribution is -2.25. The number of benzene rings is 2. The minimum absolute atomic E-state index is 0.191. The van der Waals surface area contributed by atoms with Gasteiger partial charge in [-0.25, -0.2) is 4.68 Å². The van der Waals surface area contributed by atoms with Crippen LogP contribution in [0.15, 0.2) is 48.5 Å². The molecule has 4 nitrogen and oxygen atoms in total. The van der Waals surface area contributed by atoms with Gasteiger partial charge in [-0.3, -0.25) is 4.79 Å². The molecule has 0 radical (unpaired) electrons. The molecule has 0 aliphatic heterocycles. The van der Waals surface area contributed by atoms with Crippen molar-refractivity contribution < 1.29 is 4.79 Å². The second-order valence-electron chi connectivity index (χ2n) is 10.3. The van der Waals surface area contributed by atoms with Gasteiger partial charge in [0.2, 0.25) is 0 Å². The lowest BCUT2D eigenvalue weighted by Gasteiger charge is -2.10. The molecule has 0 fully saturated rings. The summed E-state index contributed by atoms with van der Waals surface area (Å²) in [6.45, 7) is 2.91. The van der Waals surface area contributed by atoms with Gasteiger partial charge in [-0.05, 0) is 42.8 Å². The first-order valence-electron chi connectivity index (χ1n) is 14.6. The Morgan fingerprint density at radius 3 is 1.82 bits per heavy atom. The van der Waals surface area contributed by atoms with Crippen LogP contribution in [0.4, 0.5) is 0 Å². The highest BCUT2D eigenvalue weighted by atomic mass is 35.5. The maximum atomic E-state index is 12.9. The predicted octanol–water partition coefficient (Wildman–Crippen LogP) is 10.7. The molecule has 0 unspecified atom stereocenters. The van der Waals surface area contributed by atoms with Crippen LogP contribution in [0, 0.1) is 0 Å². The second-order valence-corrected chi connectivity index (χ2v) is 11.6. The first-order chi connectivity index (χ1) is 19.0. The number of hydrogen-bond donors (Lipinski definition) is 1. The summed E-state index contributed by atoms with van der Waals surface area (Å²) in [5.74, 6) is -0.191. The normalized spacial score (nSPS) is 11.2. The first-order valence-corrected chi connectivity index (χ1v) is 15.7. The van der Waals surface area contributed by atoms with E-state index < -0.39 is 0 Å². The highest BCUT2D eigenvalue weighted by molar-refractivity contribution is 6.35. The van der Waals surface area contributed by atoms with Gasteiger partial charge in [0, 0.05) is 22.2 Å². The highest BCUT2D eigenvalue weighted by Gasteiger charge is 2.18. The Hall–Kier alpha value is -2.01. The van der Waals surface area contributed by atoms with Crippen molar-refractivity contribution in [3.8, 4) is 16.9 Å². The third-order valence-corrected chi connectivity index (χ3v) is 7.83. The number of carbonyl (C=O) groups excluding carboxylic acids is 1. The third-order valence-electron chi connectivity index (χ3n) is 7.04. The highest BCUT2D eigenvalue weighted by Crippen LogP contribution is 2.30. The molecule has 0 atom stereocenters. The van der Waals surface area contributed by atoms with Crippen molar-refractivity contribution in [2.45, 2.75) is 96.8 Å². The molecule has 0 bridgehead atoms. The van der Waals surface area contributed by atoms with Crippen molar-refractivity contribution in [1.29, 1.82) is 0 Å². The largest absolute Gasteiger partial charge is 0.351 e. The van der Waals surface area contributed by atoms with Crippen molar-refractivity contribution in [3.05, 3.63) is 69.3 Å². The zero-order valence-electron chi connectivity index (χ0n) is 23.2. The lowest BCUT2D eigenvalue weighted by molar-refractivity contribution is 0.0947. The number of unbranched alkanes of at least 4 members (excludes halogenated alkanes) is 13. The van der Waals surface area contributed by atoms with E-state index in [1.165, 1.54) is 77.0 Å². The zero-order valence-corrected chi connectivity index (χ0v) is 25.4. The van der Waals surface area contributed by atoms with Crippen LogP contribution >= 0.6 is 34.8 Å². The minimum Gasteiger partial charge on any atom is -0.351 e. The summed E-state index contributed by atoms with van der Waals surface area (Å²) in [5, 5.41) is 9.26. The molecule has 0 spiro atoms. The van der Waals surface area contributed by atoms with Gasteiger partial charge in [-0.2, -0.15) is 5.10 Å². The molecular weight excluding hydrogens is 549 g/mol. The van der Waals surface area contributed by atoms with Gasteiger partial charge in [-0.1, -0.05) is 137 Å². The summed E-state index contributed by atoms with van der Waals surface area (Å²) in [5.41, 5.74) is 2.62. The molecule has 212 valence electrons. The van der Waals surface area contributed by atoms with E-state index in [4.69, 9.17) is 34.8 Å². The summed E-state index contributed by atoms with van der Waals surface area (Å²) in [6.07, 6.45) is 18.4. The first kappa shape index (κ1) is 31.5. The molecule has 1 aromatic heterocycles. The molecule has 0 saturated heterocycles. The van der Waals surface area contributed by atoms with E-state index in [0.29, 0.717) is 33.0 Å². The van der Waals surface area contributed by atoms with E-state index in [-0.39, 0.29) is 5.91 Å². The fourth-order valence-corrected chi connectivity index (χ4v) is 5.38. The van der Waals surface area contributed by atoms with Crippen LogP contribution in [-0.2, 0) is 0 Å². The van der Waals surface area contributed by atoms with Crippen LogP contribution in [-0.4, -0.2) is 22.2 Å². The van der Waals surface area contributed by atoms with E-state index in [9.17, 15) is 4.79 Å². The standard InChI is InChI=1S/C32H42Cl3N3O/c1-2-3-4-5-6-7-8-9-10-11-12-13-14-15-22-36-32(39)29-24-31(25-16-18-26(33)19-17-25)38(37-29)30-21-20-27(34)23-28(30)35/h16-21,23-24H,2-15,22H2,1H3,(H,36,39). The van der Waals surface area contributed by atoms with Crippen molar-refractivity contribution in [2.75, 3.05) is 6.54 Å². The topological polar surface area (TPSA) is 46.9 Å². The Morgan fingerprint density at radius 1 is 0.718 bits per heavy atom. The average molecular weight is 591 g/mol. The van der Waals surface area contributed by atoms with Crippen molar-refractivity contribution >= 4 is 40.7 Å². The summed E-state index contributed by atoms with van der Waals surface area (Å²) < 4.78 is 1.68. The molecule has 0 aliphatic rings. The molecule has 3 rings (SSSR count). The number of amides is 1. The Bertz CT molecular complexity index is 1140. The number of hydrogen-bond acceptors (Lipinski definition) is 2. The Balaban J connectivity index is 1.41. The number of nitrogens with zero attached hydrogens (tertiary/aromatic N) is 2. The smallest absolute Gasteiger partial charge is 0.271 e. The van der Waals surface area contributed by atoms with Crippen LogP contribution < -0.4 is 5.32 Å². The molecular formula is C32H42Cl3N3O. The van der Waals surface area contributed by atoms with Gasteiger partial charge >= 0.3 is 0 Å². The van der Waals surface area contributed by atoms with Gasteiger partial charge < -0.3 is 5.32 Å². The second kappa shape index (κ2) is 17.6. The maximum Gasteiger partial charge on any atom is 0.271 e. The Morgan fingerprint density at radius 2 is 1.26 bits per heavy atom. The van der Waals surface area contributed by atoms with Crippen molar-refractivity contribution in [1.82, 2.24) is 15.1 Å². The number of aromatic nitrogens is 2. The molecule has 39 heavy (non-hydrogen) atoms. The Kier molecular flexibility index (Phi) is 14.2. The maximum absolute atomic E-state index is 12.9. The van der Waals surface area contributed by atoms with Crippen molar-refractivity contribution in [2.24, 2.45) is 0 Å². The molecule has 3 aromatic rings.